The molecule has 1 aromatic carbocycles. The van der Waals surface area contributed by atoms with Crippen LogP contribution in [-0.4, -0.2) is 76.0 Å². The first-order chi connectivity index (χ1) is 17.0. The number of nitrogens with two attached hydrogens (primary N) is 1. The normalized spacial score (nSPS) is 14.2. The number of hydrogen-bond acceptors (Lipinski definition) is 7. The van der Waals surface area contributed by atoms with Gasteiger partial charge in [0.1, 0.15) is 18.1 Å². The molecular weight excluding hydrogens is 488 g/mol. The summed E-state index contributed by atoms with van der Waals surface area (Å²) in [6.45, 7) is 3.32. The monoisotopic (exact) mass is 524 g/mol. The van der Waals surface area contributed by atoms with Crippen molar-refractivity contribution in [2.45, 2.75) is 63.7 Å². The number of benzene rings is 1. The van der Waals surface area contributed by atoms with Gasteiger partial charge in [0.2, 0.25) is 17.7 Å². The Hall–Kier alpha value is -3.12. The molecule has 4 atom stereocenters. The standard InChI is InChI=1S/C24H36N4O7S/c1-14(2)20(24(34)35)28-22(32)17(11-12-36-3)26-23(33)18(13-15-7-5-4-6-8-15)27-21(31)16(25)9-10-19(29)30/h4-8,14,16-18,20H,9-13,25H2,1-3H3,(H,26,33)(H,27,31)(H,28,32)(H,29,30)(H,34,35). The second-order valence-corrected chi connectivity index (χ2v) is 9.69. The van der Waals surface area contributed by atoms with Gasteiger partial charge in [-0.2, -0.15) is 11.8 Å². The van der Waals surface area contributed by atoms with Gasteiger partial charge in [-0.05, 0) is 36.3 Å². The van der Waals surface area contributed by atoms with Crippen molar-refractivity contribution in [1.82, 2.24) is 16.0 Å². The summed E-state index contributed by atoms with van der Waals surface area (Å²) >= 11 is 1.46. The SMILES string of the molecule is CSCCC(NC(=O)C(Cc1ccccc1)NC(=O)C(N)CCC(=O)O)C(=O)NC(C(=O)O)C(C)C. The lowest BCUT2D eigenvalue weighted by atomic mass is 10.0. The molecule has 0 bridgehead atoms. The maximum Gasteiger partial charge on any atom is 0.326 e. The van der Waals surface area contributed by atoms with E-state index in [-0.39, 0.29) is 31.6 Å². The molecule has 1 aromatic rings. The van der Waals surface area contributed by atoms with Crippen LogP contribution in [0, 0.1) is 5.92 Å². The first-order valence-electron chi connectivity index (χ1n) is 11.6. The summed E-state index contributed by atoms with van der Waals surface area (Å²) in [5, 5.41) is 25.9. The fourth-order valence-electron chi connectivity index (χ4n) is 3.29. The van der Waals surface area contributed by atoms with E-state index in [9.17, 15) is 29.1 Å². The Balaban J connectivity index is 3.07. The van der Waals surface area contributed by atoms with Crippen LogP contribution in [0.25, 0.3) is 0 Å². The van der Waals surface area contributed by atoms with E-state index in [4.69, 9.17) is 10.8 Å². The Morgan fingerprint density at radius 3 is 2.00 bits per heavy atom. The van der Waals surface area contributed by atoms with Crippen molar-refractivity contribution in [3.05, 3.63) is 35.9 Å². The van der Waals surface area contributed by atoms with Gasteiger partial charge >= 0.3 is 11.9 Å². The third-order valence-electron chi connectivity index (χ3n) is 5.40. The zero-order valence-corrected chi connectivity index (χ0v) is 21.5. The van der Waals surface area contributed by atoms with E-state index in [1.165, 1.54) is 11.8 Å². The molecule has 0 saturated heterocycles. The molecule has 0 aromatic heterocycles. The Morgan fingerprint density at radius 1 is 0.889 bits per heavy atom. The van der Waals surface area contributed by atoms with Crippen molar-refractivity contribution in [1.29, 1.82) is 0 Å². The number of carbonyl (C=O) groups is 5. The number of carboxylic acids is 2. The highest BCUT2D eigenvalue weighted by Crippen LogP contribution is 2.09. The highest BCUT2D eigenvalue weighted by molar-refractivity contribution is 7.98. The molecule has 11 nitrogen and oxygen atoms in total. The molecule has 4 unspecified atom stereocenters. The maximum absolute atomic E-state index is 13.2. The van der Waals surface area contributed by atoms with Crippen molar-refractivity contribution in [3.8, 4) is 0 Å². The topological polar surface area (TPSA) is 188 Å². The van der Waals surface area contributed by atoms with Gasteiger partial charge in [0.15, 0.2) is 0 Å². The van der Waals surface area contributed by atoms with Gasteiger partial charge in [-0.25, -0.2) is 4.79 Å². The van der Waals surface area contributed by atoms with Crippen molar-refractivity contribution in [2.75, 3.05) is 12.0 Å². The third kappa shape index (κ3) is 11.1. The van der Waals surface area contributed by atoms with E-state index in [1.54, 1.807) is 44.2 Å². The van der Waals surface area contributed by atoms with Crippen molar-refractivity contribution in [2.24, 2.45) is 11.7 Å². The summed E-state index contributed by atoms with van der Waals surface area (Å²) in [7, 11) is 0. The average Bonchev–Trinajstić information content (AvgIpc) is 2.82. The summed E-state index contributed by atoms with van der Waals surface area (Å²) in [6, 6.07) is 4.51. The maximum atomic E-state index is 13.2. The van der Waals surface area contributed by atoms with E-state index in [1.807, 2.05) is 6.26 Å². The Kier molecular flexibility index (Phi) is 13.6. The molecule has 36 heavy (non-hydrogen) atoms. The van der Waals surface area contributed by atoms with E-state index >= 15 is 0 Å². The number of carbonyl (C=O) groups excluding carboxylic acids is 3. The molecule has 12 heteroatoms. The highest BCUT2D eigenvalue weighted by atomic mass is 32.2. The van der Waals surface area contributed by atoms with Crippen LogP contribution in [0.15, 0.2) is 30.3 Å². The minimum atomic E-state index is -1.18. The number of amides is 3. The van der Waals surface area contributed by atoms with Crippen LogP contribution in [0.1, 0.15) is 38.7 Å². The predicted molar refractivity (Wildman–Crippen MR) is 136 cm³/mol. The molecule has 0 saturated carbocycles. The molecule has 1 rings (SSSR count). The van der Waals surface area contributed by atoms with Gasteiger partial charge in [0, 0.05) is 12.8 Å². The second-order valence-electron chi connectivity index (χ2n) is 8.70. The zero-order chi connectivity index (χ0) is 27.3. The number of rotatable bonds is 16. The van der Waals surface area contributed by atoms with Crippen molar-refractivity contribution in [3.63, 3.8) is 0 Å². The lowest BCUT2D eigenvalue weighted by molar-refractivity contribution is -0.143. The smallest absolute Gasteiger partial charge is 0.326 e. The lowest BCUT2D eigenvalue weighted by Crippen LogP contribution is -2.58. The average molecular weight is 525 g/mol. The van der Waals surface area contributed by atoms with Gasteiger partial charge in [-0.1, -0.05) is 44.2 Å². The molecule has 0 heterocycles. The largest absolute Gasteiger partial charge is 0.481 e. The van der Waals surface area contributed by atoms with E-state index in [0.717, 1.165) is 5.56 Å². The van der Waals surface area contributed by atoms with Crippen LogP contribution in [0.4, 0.5) is 0 Å². The fourth-order valence-corrected chi connectivity index (χ4v) is 3.76. The number of carboxylic acid groups (broad SMARTS) is 2. The van der Waals surface area contributed by atoms with Gasteiger partial charge in [0.05, 0.1) is 6.04 Å². The zero-order valence-electron chi connectivity index (χ0n) is 20.7. The first kappa shape index (κ1) is 30.9. The summed E-state index contributed by atoms with van der Waals surface area (Å²) in [6.07, 6.45) is 1.77. The third-order valence-corrected chi connectivity index (χ3v) is 6.04. The highest BCUT2D eigenvalue weighted by Gasteiger charge is 2.31. The second kappa shape index (κ2) is 15.8. The molecular formula is C24H36N4O7S. The van der Waals surface area contributed by atoms with E-state index in [2.05, 4.69) is 16.0 Å². The van der Waals surface area contributed by atoms with Crippen LogP contribution in [-0.2, 0) is 30.4 Å². The van der Waals surface area contributed by atoms with Gasteiger partial charge < -0.3 is 31.9 Å². The van der Waals surface area contributed by atoms with Crippen LogP contribution in [0.2, 0.25) is 0 Å². The summed E-state index contributed by atoms with van der Waals surface area (Å²) < 4.78 is 0. The van der Waals surface area contributed by atoms with Crippen LogP contribution >= 0.6 is 11.8 Å². The molecule has 0 aliphatic carbocycles. The first-order valence-corrected chi connectivity index (χ1v) is 13.0. The quantitative estimate of drug-likeness (QED) is 0.177. The molecule has 200 valence electrons. The fraction of sp³-hybridized carbons (Fsp3) is 0.542. The van der Waals surface area contributed by atoms with Crippen molar-refractivity contribution >= 4 is 41.4 Å². The molecule has 0 aliphatic rings. The number of hydrogen-bond donors (Lipinski definition) is 6. The number of aliphatic carboxylic acids is 2. The van der Waals surface area contributed by atoms with E-state index < -0.39 is 53.8 Å². The van der Waals surface area contributed by atoms with Gasteiger partial charge in [0.25, 0.3) is 0 Å². The summed E-state index contributed by atoms with van der Waals surface area (Å²) in [5.41, 5.74) is 6.55. The molecule has 0 spiro atoms. The minimum absolute atomic E-state index is 0.102. The Labute approximate surface area is 215 Å². The van der Waals surface area contributed by atoms with Crippen LogP contribution < -0.4 is 21.7 Å². The summed E-state index contributed by atoms with van der Waals surface area (Å²) in [5.74, 6) is -4.10. The van der Waals surface area contributed by atoms with Gasteiger partial charge in [-0.3, -0.25) is 19.2 Å². The summed E-state index contributed by atoms with van der Waals surface area (Å²) in [4.78, 5) is 61.1. The molecule has 3 amide bonds. The van der Waals surface area contributed by atoms with E-state index in [0.29, 0.717) is 5.75 Å². The Bertz CT molecular complexity index is 898. The van der Waals surface area contributed by atoms with Crippen LogP contribution in [0.5, 0.6) is 0 Å². The van der Waals surface area contributed by atoms with Gasteiger partial charge in [-0.15, -0.1) is 0 Å². The molecule has 0 aliphatic heterocycles. The Morgan fingerprint density at radius 2 is 1.47 bits per heavy atom. The number of nitrogens with one attached hydrogen (secondary N) is 3. The minimum Gasteiger partial charge on any atom is -0.481 e. The lowest BCUT2D eigenvalue weighted by Gasteiger charge is -2.26. The molecule has 0 radical (unpaired) electrons. The predicted octanol–water partition coefficient (Wildman–Crippen LogP) is 0.369. The number of thioether (sulfide) groups is 1. The molecule has 7 N–H and O–H groups in total. The molecule has 0 fully saturated rings. The van der Waals surface area contributed by atoms with Crippen molar-refractivity contribution < 1.29 is 34.2 Å². The van der Waals surface area contributed by atoms with Crippen LogP contribution in [0.3, 0.4) is 0 Å².